The molecule has 2 aromatic carbocycles. The van der Waals surface area contributed by atoms with Crippen LogP contribution in [0, 0.1) is 6.92 Å². The molecule has 1 aromatic heterocycles. The van der Waals surface area contributed by atoms with Crippen LogP contribution in [0.4, 0.5) is 5.69 Å². The Balaban J connectivity index is 1.80. The summed E-state index contributed by atoms with van der Waals surface area (Å²) in [5.74, 6) is -0.374. The number of benzene rings is 2. The highest BCUT2D eigenvalue weighted by molar-refractivity contribution is 5.91. The van der Waals surface area contributed by atoms with Crippen molar-refractivity contribution in [3.63, 3.8) is 0 Å². The monoisotopic (exact) mass is 408 g/mol. The molecule has 1 unspecified atom stereocenters. The van der Waals surface area contributed by atoms with Crippen molar-refractivity contribution < 1.29 is 19.1 Å². The van der Waals surface area contributed by atoms with E-state index in [9.17, 15) is 14.4 Å². The molecule has 7 nitrogen and oxygen atoms in total. The van der Waals surface area contributed by atoms with Gasteiger partial charge in [-0.3, -0.25) is 9.59 Å². The van der Waals surface area contributed by atoms with Crippen molar-refractivity contribution in [1.82, 2.24) is 4.57 Å². The maximum atomic E-state index is 12.9. The van der Waals surface area contributed by atoms with Gasteiger partial charge >= 0.3 is 5.97 Å². The number of hydrogen-bond donors (Lipinski definition) is 1. The number of carbonyl (C=O) groups excluding carboxylic acids is 2. The first-order chi connectivity index (χ1) is 14.4. The molecule has 1 N–H and O–H groups in total. The molecule has 0 aliphatic rings. The van der Waals surface area contributed by atoms with Crippen molar-refractivity contribution in [1.29, 1.82) is 0 Å². The zero-order chi connectivity index (χ0) is 21.7. The molecular weight excluding hydrogens is 384 g/mol. The average Bonchev–Trinajstić information content (AvgIpc) is 2.72. The van der Waals surface area contributed by atoms with Crippen molar-refractivity contribution in [3.05, 3.63) is 70.6 Å². The van der Waals surface area contributed by atoms with Gasteiger partial charge in [-0.05, 0) is 51.1 Å². The number of esters is 1. The number of aryl methyl sites for hydroxylation is 1. The van der Waals surface area contributed by atoms with E-state index < -0.39 is 12.1 Å². The molecule has 156 valence electrons. The summed E-state index contributed by atoms with van der Waals surface area (Å²) in [5, 5.41) is 3.74. The zero-order valence-electron chi connectivity index (χ0n) is 17.2. The van der Waals surface area contributed by atoms with Gasteiger partial charge < -0.3 is 19.4 Å². The van der Waals surface area contributed by atoms with Gasteiger partial charge in [-0.15, -0.1) is 0 Å². The van der Waals surface area contributed by atoms with Gasteiger partial charge in [0.25, 0.3) is 5.56 Å². The van der Waals surface area contributed by atoms with Crippen molar-refractivity contribution >= 4 is 28.3 Å². The minimum absolute atomic E-state index is 0.118. The fourth-order valence-corrected chi connectivity index (χ4v) is 3.01. The molecule has 1 heterocycles. The first kappa shape index (κ1) is 21.1. The molecule has 1 amide bonds. The number of aromatic nitrogens is 1. The zero-order valence-corrected chi connectivity index (χ0v) is 17.2. The minimum Gasteiger partial charge on any atom is -0.478 e. The van der Waals surface area contributed by atoms with Crippen molar-refractivity contribution in [2.45, 2.75) is 33.4 Å². The summed E-state index contributed by atoms with van der Waals surface area (Å²) in [5.41, 5.74) is 1.44. The summed E-state index contributed by atoms with van der Waals surface area (Å²) in [6, 6.07) is 14.1. The second-order valence-corrected chi connectivity index (χ2v) is 6.89. The minimum atomic E-state index is -0.807. The van der Waals surface area contributed by atoms with E-state index in [1.807, 2.05) is 31.2 Å². The normalized spacial score (nSPS) is 11.7. The Bertz CT molecular complexity index is 1120. The Morgan fingerprint density at radius 2 is 1.80 bits per heavy atom. The first-order valence-electron chi connectivity index (χ1n) is 9.71. The largest absolute Gasteiger partial charge is 0.478 e. The third kappa shape index (κ3) is 4.86. The Morgan fingerprint density at radius 3 is 2.50 bits per heavy atom. The second-order valence-electron chi connectivity index (χ2n) is 6.89. The van der Waals surface area contributed by atoms with Gasteiger partial charge in [-0.25, -0.2) is 4.79 Å². The van der Waals surface area contributed by atoms with Gasteiger partial charge in [0.2, 0.25) is 5.91 Å². The van der Waals surface area contributed by atoms with Crippen LogP contribution in [0.3, 0.4) is 0 Å². The van der Waals surface area contributed by atoms with E-state index in [1.54, 1.807) is 44.3 Å². The van der Waals surface area contributed by atoms with Gasteiger partial charge in [0.05, 0.1) is 12.0 Å². The molecule has 3 aromatic rings. The summed E-state index contributed by atoms with van der Waals surface area (Å²) in [6.07, 6.45) is 0.736. The van der Waals surface area contributed by atoms with Crippen molar-refractivity contribution in [3.8, 4) is 5.75 Å². The second kappa shape index (κ2) is 9.26. The van der Waals surface area contributed by atoms with E-state index in [1.165, 1.54) is 4.57 Å². The van der Waals surface area contributed by atoms with Gasteiger partial charge in [0.15, 0.2) is 6.10 Å². The Kier molecular flexibility index (Phi) is 6.51. The fourth-order valence-electron chi connectivity index (χ4n) is 3.01. The predicted molar refractivity (Wildman–Crippen MR) is 115 cm³/mol. The average molecular weight is 408 g/mol. The lowest BCUT2D eigenvalue weighted by molar-refractivity contribution is -0.150. The van der Waals surface area contributed by atoms with Gasteiger partial charge in [0, 0.05) is 17.3 Å². The molecule has 0 saturated carbocycles. The van der Waals surface area contributed by atoms with E-state index in [-0.39, 0.29) is 24.6 Å². The number of fused-ring (bicyclic) bond motifs is 1. The topological polar surface area (TPSA) is 86.6 Å². The van der Waals surface area contributed by atoms with Gasteiger partial charge in [-0.1, -0.05) is 23.8 Å². The van der Waals surface area contributed by atoms with Crippen molar-refractivity contribution in [2.24, 2.45) is 0 Å². The number of nitrogens with zero attached hydrogens (tertiary/aromatic N) is 1. The van der Waals surface area contributed by atoms with Crippen LogP contribution in [-0.4, -0.2) is 29.2 Å². The van der Waals surface area contributed by atoms with Crippen LogP contribution in [0.5, 0.6) is 5.75 Å². The summed E-state index contributed by atoms with van der Waals surface area (Å²) < 4.78 is 12.0. The van der Waals surface area contributed by atoms with E-state index >= 15 is 0 Å². The fraction of sp³-hybridized carbons (Fsp3) is 0.261. The molecule has 0 saturated heterocycles. The molecule has 3 rings (SSSR count). The maximum Gasteiger partial charge on any atom is 0.347 e. The third-order valence-electron chi connectivity index (χ3n) is 4.55. The van der Waals surface area contributed by atoms with Gasteiger partial charge in [-0.2, -0.15) is 0 Å². The van der Waals surface area contributed by atoms with Crippen LogP contribution >= 0.6 is 0 Å². The van der Waals surface area contributed by atoms with E-state index in [4.69, 9.17) is 9.47 Å². The molecule has 0 radical (unpaired) electrons. The SMILES string of the molecule is CCOC(=O)C(C)Oc1cccc2c(=O)n(CC(=O)Nc3ccc(C)cc3)ccc12. The van der Waals surface area contributed by atoms with Crippen molar-refractivity contribution in [2.75, 3.05) is 11.9 Å². The molecule has 30 heavy (non-hydrogen) atoms. The number of anilines is 1. The molecule has 0 fully saturated rings. The maximum absolute atomic E-state index is 12.9. The molecular formula is C23H24N2O5. The molecule has 0 aliphatic heterocycles. The lowest BCUT2D eigenvalue weighted by atomic mass is 10.1. The summed E-state index contributed by atoms with van der Waals surface area (Å²) in [7, 11) is 0. The number of nitrogens with one attached hydrogen (secondary N) is 1. The predicted octanol–water partition coefficient (Wildman–Crippen LogP) is 3.28. The summed E-state index contributed by atoms with van der Waals surface area (Å²) >= 11 is 0. The molecule has 0 aliphatic carbocycles. The number of hydrogen-bond acceptors (Lipinski definition) is 5. The molecule has 7 heteroatoms. The smallest absolute Gasteiger partial charge is 0.347 e. The Morgan fingerprint density at radius 1 is 1.07 bits per heavy atom. The highest BCUT2D eigenvalue weighted by Gasteiger charge is 2.18. The van der Waals surface area contributed by atoms with Crippen LogP contribution in [0.15, 0.2) is 59.5 Å². The molecule has 0 bridgehead atoms. The van der Waals surface area contributed by atoms with Crippen LogP contribution < -0.4 is 15.6 Å². The summed E-state index contributed by atoms with van der Waals surface area (Å²) in [6.45, 7) is 5.42. The first-order valence-corrected chi connectivity index (χ1v) is 9.71. The van der Waals surface area contributed by atoms with Crippen LogP contribution in [0.2, 0.25) is 0 Å². The quantitative estimate of drug-likeness (QED) is 0.607. The van der Waals surface area contributed by atoms with Gasteiger partial charge in [0.1, 0.15) is 12.3 Å². The summed E-state index contributed by atoms with van der Waals surface area (Å²) in [4.78, 5) is 37.1. The number of rotatable bonds is 7. The van der Waals surface area contributed by atoms with E-state index in [0.717, 1.165) is 5.56 Å². The van der Waals surface area contributed by atoms with Crippen LogP contribution in [-0.2, 0) is 20.9 Å². The lowest BCUT2D eigenvalue weighted by Gasteiger charge is -2.15. The number of amides is 1. The van der Waals surface area contributed by atoms with Crippen LogP contribution in [0.25, 0.3) is 10.8 Å². The highest BCUT2D eigenvalue weighted by atomic mass is 16.6. The number of ether oxygens (including phenoxy) is 2. The molecule has 0 spiro atoms. The van der Waals surface area contributed by atoms with E-state index in [0.29, 0.717) is 22.2 Å². The number of carbonyl (C=O) groups is 2. The lowest BCUT2D eigenvalue weighted by Crippen LogP contribution is -2.28. The third-order valence-corrected chi connectivity index (χ3v) is 4.55. The highest BCUT2D eigenvalue weighted by Crippen LogP contribution is 2.24. The standard InChI is InChI=1S/C23H24N2O5/c1-4-29-23(28)16(3)30-20-7-5-6-19-18(20)12-13-25(22(19)27)14-21(26)24-17-10-8-15(2)9-11-17/h5-13,16H,4,14H2,1-3H3,(H,24,26). The Labute approximate surface area is 174 Å². The molecule has 1 atom stereocenters. The van der Waals surface area contributed by atoms with E-state index in [2.05, 4.69) is 5.32 Å². The number of pyridine rings is 1. The Hall–Kier alpha value is -3.61. The van der Waals surface area contributed by atoms with Crippen LogP contribution in [0.1, 0.15) is 19.4 Å².